The van der Waals surface area contributed by atoms with E-state index < -0.39 is 0 Å². The monoisotopic (exact) mass is 443 g/mol. The van der Waals surface area contributed by atoms with Gasteiger partial charge in [-0.2, -0.15) is 0 Å². The number of aryl methyl sites for hydroxylation is 2. The summed E-state index contributed by atoms with van der Waals surface area (Å²) in [7, 11) is 0. The molecule has 0 unspecified atom stereocenters. The van der Waals surface area contributed by atoms with Gasteiger partial charge in [0.1, 0.15) is 0 Å². The van der Waals surface area contributed by atoms with Gasteiger partial charge in [0.15, 0.2) is 5.84 Å². The molecule has 0 fully saturated rings. The molecule has 0 aromatic heterocycles. The Balaban J connectivity index is 1.73. The van der Waals surface area contributed by atoms with Crippen LogP contribution in [0, 0.1) is 13.8 Å². The number of rotatable bonds is 5. The molecule has 4 aromatic carbocycles. The van der Waals surface area contributed by atoms with Gasteiger partial charge in [-0.25, -0.2) is 4.99 Å². The third kappa shape index (κ3) is 4.26. The Labute approximate surface area is 199 Å². The molecule has 166 valence electrons. The van der Waals surface area contributed by atoms with E-state index >= 15 is 0 Å². The standard InChI is InChI=1S/C30H25N3O/c1-21-13-17-24(18-14-21)31-28-27(23-9-5-3-6-10-23)30(34)33(26-11-7-4-8-12-26)29(28)32-25-19-15-22(2)16-20-25/h3-20,31H,1-2H3. The topological polar surface area (TPSA) is 44.7 Å². The maximum atomic E-state index is 14.0. The highest BCUT2D eigenvalue weighted by molar-refractivity contribution is 6.47. The number of nitrogens with zero attached hydrogens (tertiary/aromatic N) is 2. The Bertz CT molecular complexity index is 1370. The van der Waals surface area contributed by atoms with Crippen LogP contribution < -0.4 is 10.2 Å². The SMILES string of the molecule is Cc1ccc(N=C2C(Nc3ccc(C)cc3)=C(c3ccccc3)C(=O)N2c2ccccc2)cc1. The number of amidine groups is 1. The zero-order valence-electron chi connectivity index (χ0n) is 19.2. The fourth-order valence-electron chi connectivity index (χ4n) is 3.97. The quantitative estimate of drug-likeness (QED) is 0.364. The van der Waals surface area contributed by atoms with Crippen LogP contribution in [0.25, 0.3) is 5.57 Å². The van der Waals surface area contributed by atoms with E-state index in [1.54, 1.807) is 4.90 Å². The second kappa shape index (κ2) is 9.20. The molecule has 1 heterocycles. The van der Waals surface area contributed by atoms with Gasteiger partial charge >= 0.3 is 0 Å². The third-order valence-electron chi connectivity index (χ3n) is 5.77. The van der Waals surface area contributed by atoms with Crippen molar-refractivity contribution < 1.29 is 4.79 Å². The lowest BCUT2D eigenvalue weighted by molar-refractivity contribution is -0.112. The summed E-state index contributed by atoms with van der Waals surface area (Å²) < 4.78 is 0. The lowest BCUT2D eigenvalue weighted by atomic mass is 10.0. The first-order valence-electron chi connectivity index (χ1n) is 11.3. The van der Waals surface area contributed by atoms with Crippen LogP contribution in [0.1, 0.15) is 16.7 Å². The van der Waals surface area contributed by atoms with Gasteiger partial charge in [0.25, 0.3) is 5.91 Å². The molecule has 1 N–H and O–H groups in total. The molecular formula is C30H25N3O. The van der Waals surface area contributed by atoms with E-state index in [-0.39, 0.29) is 5.91 Å². The molecule has 0 saturated heterocycles. The van der Waals surface area contributed by atoms with Crippen molar-refractivity contribution in [3.05, 3.63) is 132 Å². The number of aliphatic imine (C=N–C) groups is 1. The fraction of sp³-hybridized carbons (Fsp3) is 0.0667. The molecule has 0 saturated carbocycles. The number of para-hydroxylation sites is 1. The van der Waals surface area contributed by atoms with Crippen molar-refractivity contribution in [2.75, 3.05) is 10.2 Å². The minimum Gasteiger partial charge on any atom is -0.352 e. The van der Waals surface area contributed by atoms with Gasteiger partial charge in [-0.15, -0.1) is 0 Å². The van der Waals surface area contributed by atoms with Gasteiger partial charge in [-0.1, -0.05) is 83.9 Å². The van der Waals surface area contributed by atoms with E-state index in [0.717, 1.165) is 28.2 Å². The minimum atomic E-state index is -0.113. The number of amides is 1. The molecule has 0 bridgehead atoms. The lowest BCUT2D eigenvalue weighted by Gasteiger charge is -2.19. The van der Waals surface area contributed by atoms with E-state index in [0.29, 0.717) is 17.1 Å². The first kappa shape index (κ1) is 21.4. The minimum absolute atomic E-state index is 0.113. The Morgan fingerprint density at radius 2 is 1.24 bits per heavy atom. The number of nitrogens with one attached hydrogen (secondary N) is 1. The maximum Gasteiger partial charge on any atom is 0.266 e. The molecule has 1 aliphatic rings. The van der Waals surface area contributed by atoms with Gasteiger partial charge in [-0.3, -0.25) is 9.69 Å². The second-order valence-corrected chi connectivity index (χ2v) is 8.35. The molecule has 0 atom stereocenters. The Hall–Kier alpha value is -4.44. The Morgan fingerprint density at radius 1 is 0.676 bits per heavy atom. The van der Waals surface area contributed by atoms with E-state index in [2.05, 4.69) is 12.2 Å². The smallest absolute Gasteiger partial charge is 0.266 e. The third-order valence-corrected chi connectivity index (χ3v) is 5.77. The van der Waals surface area contributed by atoms with Crippen LogP contribution in [0.4, 0.5) is 17.1 Å². The van der Waals surface area contributed by atoms with Crippen molar-refractivity contribution in [3.8, 4) is 0 Å². The highest BCUT2D eigenvalue weighted by atomic mass is 16.2. The normalized spacial score (nSPS) is 14.7. The van der Waals surface area contributed by atoms with Crippen molar-refractivity contribution in [1.29, 1.82) is 0 Å². The largest absolute Gasteiger partial charge is 0.352 e. The van der Waals surface area contributed by atoms with Crippen LogP contribution in [0.5, 0.6) is 0 Å². The van der Waals surface area contributed by atoms with Crippen molar-refractivity contribution in [3.63, 3.8) is 0 Å². The molecule has 0 aliphatic carbocycles. The first-order chi connectivity index (χ1) is 16.6. The fourth-order valence-corrected chi connectivity index (χ4v) is 3.97. The average molecular weight is 444 g/mol. The van der Waals surface area contributed by atoms with Crippen LogP contribution in [-0.4, -0.2) is 11.7 Å². The number of carbonyl (C=O) groups excluding carboxylic acids is 1. The van der Waals surface area contributed by atoms with Gasteiger partial charge in [0, 0.05) is 5.69 Å². The number of hydrogen-bond acceptors (Lipinski definition) is 3. The highest BCUT2D eigenvalue weighted by Crippen LogP contribution is 2.35. The molecule has 0 radical (unpaired) electrons. The summed E-state index contributed by atoms with van der Waals surface area (Å²) in [4.78, 5) is 20.6. The summed E-state index contributed by atoms with van der Waals surface area (Å²) in [5.74, 6) is 0.456. The average Bonchev–Trinajstić information content (AvgIpc) is 3.13. The molecule has 34 heavy (non-hydrogen) atoms. The van der Waals surface area contributed by atoms with Crippen molar-refractivity contribution in [1.82, 2.24) is 0 Å². The van der Waals surface area contributed by atoms with E-state index in [9.17, 15) is 4.79 Å². The molecule has 5 rings (SSSR count). The zero-order valence-corrected chi connectivity index (χ0v) is 19.2. The highest BCUT2D eigenvalue weighted by Gasteiger charge is 2.38. The van der Waals surface area contributed by atoms with Crippen molar-refractivity contribution >= 4 is 34.4 Å². The molecule has 4 nitrogen and oxygen atoms in total. The molecule has 4 aromatic rings. The lowest BCUT2D eigenvalue weighted by Crippen LogP contribution is -2.32. The van der Waals surface area contributed by atoms with Crippen LogP contribution >= 0.6 is 0 Å². The molecular weight excluding hydrogens is 418 g/mol. The molecule has 1 aliphatic heterocycles. The number of carbonyl (C=O) groups is 1. The van der Waals surface area contributed by atoms with Crippen molar-refractivity contribution in [2.45, 2.75) is 13.8 Å². The summed E-state index contributed by atoms with van der Waals surface area (Å²) in [6.07, 6.45) is 0. The van der Waals surface area contributed by atoms with Gasteiger partial charge in [0.05, 0.1) is 22.6 Å². The summed E-state index contributed by atoms with van der Waals surface area (Å²) in [5.41, 5.74) is 6.90. The molecule has 4 heteroatoms. The molecule has 0 spiro atoms. The van der Waals surface area contributed by atoms with Crippen molar-refractivity contribution in [2.24, 2.45) is 4.99 Å². The summed E-state index contributed by atoms with van der Waals surface area (Å²) in [6.45, 7) is 4.10. The van der Waals surface area contributed by atoms with Gasteiger partial charge in [0.2, 0.25) is 0 Å². The van der Waals surface area contributed by atoms with E-state index in [1.807, 2.05) is 116 Å². The Kier molecular flexibility index (Phi) is 5.79. The summed E-state index contributed by atoms with van der Waals surface area (Å²) in [5, 5.41) is 3.51. The summed E-state index contributed by atoms with van der Waals surface area (Å²) >= 11 is 0. The van der Waals surface area contributed by atoms with Crippen LogP contribution in [0.3, 0.4) is 0 Å². The zero-order chi connectivity index (χ0) is 23.5. The predicted molar refractivity (Wildman–Crippen MR) is 140 cm³/mol. The second-order valence-electron chi connectivity index (χ2n) is 8.35. The predicted octanol–water partition coefficient (Wildman–Crippen LogP) is 6.90. The Morgan fingerprint density at radius 3 is 1.85 bits per heavy atom. The van der Waals surface area contributed by atoms with Gasteiger partial charge < -0.3 is 5.32 Å². The van der Waals surface area contributed by atoms with Crippen LogP contribution in [0.15, 0.2) is 120 Å². The first-order valence-corrected chi connectivity index (χ1v) is 11.3. The summed E-state index contributed by atoms with van der Waals surface area (Å²) in [6, 6.07) is 35.6. The maximum absolute atomic E-state index is 14.0. The van der Waals surface area contributed by atoms with Crippen LogP contribution in [-0.2, 0) is 4.79 Å². The van der Waals surface area contributed by atoms with E-state index in [4.69, 9.17) is 4.99 Å². The van der Waals surface area contributed by atoms with E-state index in [1.165, 1.54) is 5.56 Å². The number of hydrogen-bond donors (Lipinski definition) is 1. The number of benzene rings is 4. The number of anilines is 2. The van der Waals surface area contributed by atoms with Gasteiger partial charge in [-0.05, 0) is 55.8 Å². The molecule has 1 amide bonds. The van der Waals surface area contributed by atoms with Crippen LogP contribution in [0.2, 0.25) is 0 Å².